The maximum atomic E-state index is 12.2. The Hall–Kier alpha value is -2.43. The summed E-state index contributed by atoms with van der Waals surface area (Å²) in [5, 5.41) is 6.10. The van der Waals surface area contributed by atoms with Crippen LogP contribution in [0.15, 0.2) is 30.3 Å². The molecule has 2 aromatic rings. The van der Waals surface area contributed by atoms with E-state index in [0.717, 1.165) is 17.7 Å². The van der Waals surface area contributed by atoms with Crippen molar-refractivity contribution in [1.82, 2.24) is 15.3 Å². The molecule has 0 aliphatic carbocycles. The smallest absolute Gasteiger partial charge is 0.270 e. The molecule has 1 aromatic heterocycles. The zero-order valence-corrected chi connectivity index (χ0v) is 14.9. The summed E-state index contributed by atoms with van der Waals surface area (Å²) in [6.07, 6.45) is 0.953. The summed E-state index contributed by atoms with van der Waals surface area (Å²) in [6, 6.07) is 9.99. The molecule has 1 aromatic carbocycles. The van der Waals surface area contributed by atoms with Crippen LogP contribution in [0.25, 0.3) is 0 Å². The van der Waals surface area contributed by atoms with E-state index in [1.807, 2.05) is 6.92 Å². The lowest BCUT2D eigenvalue weighted by molar-refractivity contribution is 0.0947. The maximum absolute atomic E-state index is 12.2. The lowest BCUT2D eigenvalue weighted by Crippen LogP contribution is -2.26. The molecule has 0 spiro atoms. The third kappa shape index (κ3) is 5.65. The maximum Gasteiger partial charge on any atom is 0.270 e. The Morgan fingerprint density at radius 2 is 1.83 bits per heavy atom. The van der Waals surface area contributed by atoms with Gasteiger partial charge in [0, 0.05) is 18.8 Å². The van der Waals surface area contributed by atoms with Gasteiger partial charge in [-0.1, -0.05) is 43.7 Å². The molecule has 0 bridgehead atoms. The number of benzene rings is 1. The number of hydrogen-bond donors (Lipinski definition) is 2. The van der Waals surface area contributed by atoms with Crippen molar-refractivity contribution in [2.45, 2.75) is 40.7 Å². The van der Waals surface area contributed by atoms with Crippen LogP contribution in [0.2, 0.25) is 0 Å². The van der Waals surface area contributed by atoms with Gasteiger partial charge in [0.2, 0.25) is 5.95 Å². The van der Waals surface area contributed by atoms with Crippen molar-refractivity contribution in [1.29, 1.82) is 0 Å². The summed E-state index contributed by atoms with van der Waals surface area (Å²) in [6.45, 7) is 9.47. The molecule has 5 heteroatoms. The van der Waals surface area contributed by atoms with E-state index in [0.29, 0.717) is 30.6 Å². The predicted molar refractivity (Wildman–Crippen MR) is 97.1 cm³/mol. The van der Waals surface area contributed by atoms with Gasteiger partial charge in [-0.15, -0.1) is 0 Å². The average molecular weight is 326 g/mol. The van der Waals surface area contributed by atoms with E-state index < -0.39 is 0 Å². The Kier molecular flexibility index (Phi) is 6.29. The van der Waals surface area contributed by atoms with E-state index in [1.54, 1.807) is 6.07 Å². The molecule has 0 radical (unpaired) electrons. The Morgan fingerprint density at radius 1 is 1.12 bits per heavy atom. The molecule has 1 heterocycles. The van der Waals surface area contributed by atoms with Gasteiger partial charge in [0.05, 0.1) is 0 Å². The van der Waals surface area contributed by atoms with E-state index in [-0.39, 0.29) is 5.91 Å². The highest BCUT2D eigenvalue weighted by molar-refractivity contribution is 5.92. The SMILES string of the molecule is Cc1ccc(CNc2nc(C)cc(C(=O)NCCC(C)C)n2)cc1. The number of aromatic nitrogens is 2. The summed E-state index contributed by atoms with van der Waals surface area (Å²) >= 11 is 0. The van der Waals surface area contributed by atoms with Crippen molar-refractivity contribution in [3.05, 3.63) is 52.8 Å². The highest BCUT2D eigenvalue weighted by Crippen LogP contribution is 2.09. The fourth-order valence-corrected chi connectivity index (χ4v) is 2.22. The Labute approximate surface area is 143 Å². The van der Waals surface area contributed by atoms with Gasteiger partial charge in [-0.25, -0.2) is 9.97 Å². The molecule has 0 saturated heterocycles. The normalized spacial score (nSPS) is 10.7. The van der Waals surface area contributed by atoms with Gasteiger partial charge >= 0.3 is 0 Å². The number of anilines is 1. The van der Waals surface area contributed by atoms with Crippen molar-refractivity contribution >= 4 is 11.9 Å². The van der Waals surface area contributed by atoms with Crippen LogP contribution in [0.1, 0.15) is 47.6 Å². The largest absolute Gasteiger partial charge is 0.351 e. The topological polar surface area (TPSA) is 66.9 Å². The first-order chi connectivity index (χ1) is 11.4. The second kappa shape index (κ2) is 8.43. The quantitative estimate of drug-likeness (QED) is 0.817. The van der Waals surface area contributed by atoms with Crippen molar-refractivity contribution in [2.75, 3.05) is 11.9 Å². The molecular formula is C19H26N4O. The van der Waals surface area contributed by atoms with Crippen LogP contribution < -0.4 is 10.6 Å². The summed E-state index contributed by atoms with van der Waals surface area (Å²) in [4.78, 5) is 20.9. The molecule has 0 aliphatic heterocycles. The van der Waals surface area contributed by atoms with Crippen molar-refractivity contribution in [3.8, 4) is 0 Å². The monoisotopic (exact) mass is 326 g/mol. The molecule has 0 aliphatic rings. The van der Waals surface area contributed by atoms with E-state index in [9.17, 15) is 4.79 Å². The molecule has 2 N–H and O–H groups in total. The first-order valence-corrected chi connectivity index (χ1v) is 8.37. The van der Waals surface area contributed by atoms with Gasteiger partial charge in [0.1, 0.15) is 5.69 Å². The van der Waals surface area contributed by atoms with Crippen LogP contribution in [-0.2, 0) is 6.54 Å². The summed E-state index contributed by atoms with van der Waals surface area (Å²) in [7, 11) is 0. The first-order valence-electron chi connectivity index (χ1n) is 8.37. The van der Waals surface area contributed by atoms with E-state index in [4.69, 9.17) is 0 Å². The van der Waals surface area contributed by atoms with Crippen LogP contribution in [0, 0.1) is 19.8 Å². The molecule has 24 heavy (non-hydrogen) atoms. The van der Waals surface area contributed by atoms with E-state index in [1.165, 1.54) is 5.56 Å². The molecule has 128 valence electrons. The number of nitrogens with one attached hydrogen (secondary N) is 2. The minimum Gasteiger partial charge on any atom is -0.351 e. The van der Waals surface area contributed by atoms with Gasteiger partial charge in [-0.2, -0.15) is 0 Å². The molecule has 2 rings (SSSR count). The Balaban J connectivity index is 1.99. The predicted octanol–water partition coefficient (Wildman–Crippen LogP) is 3.48. The number of amides is 1. The minimum atomic E-state index is -0.153. The number of carbonyl (C=O) groups is 1. The van der Waals surface area contributed by atoms with Crippen molar-refractivity contribution in [2.24, 2.45) is 5.92 Å². The number of hydrogen-bond acceptors (Lipinski definition) is 4. The fourth-order valence-electron chi connectivity index (χ4n) is 2.22. The molecule has 0 unspecified atom stereocenters. The zero-order chi connectivity index (χ0) is 17.5. The minimum absolute atomic E-state index is 0.153. The van der Waals surface area contributed by atoms with Crippen LogP contribution in [0.3, 0.4) is 0 Å². The molecular weight excluding hydrogens is 300 g/mol. The van der Waals surface area contributed by atoms with Crippen LogP contribution in [-0.4, -0.2) is 22.4 Å². The number of rotatable bonds is 7. The molecule has 1 amide bonds. The van der Waals surface area contributed by atoms with Crippen LogP contribution in [0.5, 0.6) is 0 Å². The Morgan fingerprint density at radius 3 is 2.50 bits per heavy atom. The van der Waals surface area contributed by atoms with Gasteiger partial charge in [-0.3, -0.25) is 4.79 Å². The first kappa shape index (κ1) is 17.9. The second-order valence-electron chi connectivity index (χ2n) is 6.50. The number of aryl methyl sites for hydroxylation is 2. The fraction of sp³-hybridized carbons (Fsp3) is 0.421. The number of nitrogens with zero attached hydrogens (tertiary/aromatic N) is 2. The van der Waals surface area contributed by atoms with E-state index in [2.05, 4.69) is 65.6 Å². The third-order valence-electron chi connectivity index (χ3n) is 3.67. The number of carbonyl (C=O) groups excluding carboxylic acids is 1. The summed E-state index contributed by atoms with van der Waals surface area (Å²) < 4.78 is 0. The highest BCUT2D eigenvalue weighted by atomic mass is 16.1. The van der Waals surface area contributed by atoms with E-state index >= 15 is 0 Å². The standard InChI is InChI=1S/C19H26N4O/c1-13(2)9-10-20-18(24)17-11-15(4)22-19(23-17)21-12-16-7-5-14(3)6-8-16/h5-8,11,13H,9-10,12H2,1-4H3,(H,20,24)(H,21,22,23). The third-order valence-corrected chi connectivity index (χ3v) is 3.67. The molecule has 0 atom stereocenters. The van der Waals surface area contributed by atoms with Gasteiger partial charge < -0.3 is 10.6 Å². The second-order valence-corrected chi connectivity index (χ2v) is 6.50. The van der Waals surface area contributed by atoms with Crippen LogP contribution >= 0.6 is 0 Å². The summed E-state index contributed by atoms with van der Waals surface area (Å²) in [5.41, 5.74) is 3.54. The summed E-state index contributed by atoms with van der Waals surface area (Å²) in [5.74, 6) is 0.883. The Bertz CT molecular complexity index is 680. The van der Waals surface area contributed by atoms with Gasteiger partial charge in [0.15, 0.2) is 0 Å². The highest BCUT2D eigenvalue weighted by Gasteiger charge is 2.10. The van der Waals surface area contributed by atoms with Crippen LogP contribution in [0.4, 0.5) is 5.95 Å². The van der Waals surface area contributed by atoms with Gasteiger partial charge in [0.25, 0.3) is 5.91 Å². The molecule has 5 nitrogen and oxygen atoms in total. The molecule has 0 saturated carbocycles. The lowest BCUT2D eigenvalue weighted by Gasteiger charge is -2.10. The average Bonchev–Trinajstić information content (AvgIpc) is 2.53. The van der Waals surface area contributed by atoms with Crippen molar-refractivity contribution in [3.63, 3.8) is 0 Å². The lowest BCUT2D eigenvalue weighted by atomic mass is 10.1. The zero-order valence-electron chi connectivity index (χ0n) is 14.9. The van der Waals surface area contributed by atoms with Crippen molar-refractivity contribution < 1.29 is 4.79 Å². The molecule has 0 fully saturated rings. The van der Waals surface area contributed by atoms with Gasteiger partial charge in [-0.05, 0) is 37.8 Å².